The van der Waals surface area contributed by atoms with Gasteiger partial charge < -0.3 is 24.3 Å². The van der Waals surface area contributed by atoms with Crippen LogP contribution in [0.1, 0.15) is 5.56 Å². The van der Waals surface area contributed by atoms with Gasteiger partial charge in [-0.3, -0.25) is 14.9 Å². The molecular formula is C20H17N3O7. The smallest absolute Gasteiger partial charge is 0.280 e. The third-order valence-corrected chi connectivity index (χ3v) is 4.19. The van der Waals surface area contributed by atoms with Crippen LogP contribution in [-0.4, -0.2) is 38.3 Å². The van der Waals surface area contributed by atoms with Crippen LogP contribution in [-0.2, 0) is 4.79 Å². The lowest BCUT2D eigenvalue weighted by atomic mass is 10.1. The van der Waals surface area contributed by atoms with Gasteiger partial charge in [-0.05, 0) is 24.3 Å². The van der Waals surface area contributed by atoms with Crippen molar-refractivity contribution in [2.24, 2.45) is 0 Å². The van der Waals surface area contributed by atoms with E-state index in [1.165, 1.54) is 26.4 Å². The molecule has 0 atom stereocenters. The molecule has 10 nitrogen and oxygen atoms in total. The fourth-order valence-corrected chi connectivity index (χ4v) is 2.78. The number of anilines is 1. The SMILES string of the molecule is COc1cc(C=C(C#N)C(=O)Nc2ccc3c(c2)OCCO3)c([N+](=O)[O-])cc1OC. The lowest BCUT2D eigenvalue weighted by molar-refractivity contribution is -0.385. The number of nitrogens with zero attached hydrogens (tertiary/aromatic N) is 2. The summed E-state index contributed by atoms with van der Waals surface area (Å²) in [6, 6.07) is 9.06. The molecule has 0 spiro atoms. The monoisotopic (exact) mass is 411 g/mol. The highest BCUT2D eigenvalue weighted by Gasteiger charge is 2.21. The van der Waals surface area contributed by atoms with E-state index in [1.807, 2.05) is 0 Å². The molecule has 2 aromatic carbocycles. The molecule has 3 rings (SSSR count). The molecule has 0 fully saturated rings. The van der Waals surface area contributed by atoms with Crippen molar-refractivity contribution in [1.82, 2.24) is 0 Å². The fraction of sp³-hybridized carbons (Fsp3) is 0.200. The number of methoxy groups -OCH3 is 2. The van der Waals surface area contributed by atoms with Crippen molar-refractivity contribution >= 4 is 23.4 Å². The first-order chi connectivity index (χ1) is 14.5. The van der Waals surface area contributed by atoms with E-state index in [-0.39, 0.29) is 28.3 Å². The van der Waals surface area contributed by atoms with Crippen LogP contribution < -0.4 is 24.3 Å². The number of hydrogen-bond donors (Lipinski definition) is 1. The molecule has 1 amide bonds. The van der Waals surface area contributed by atoms with Crippen LogP contribution in [0.15, 0.2) is 35.9 Å². The minimum absolute atomic E-state index is 0.0199. The third kappa shape index (κ3) is 4.25. The second-order valence-corrected chi connectivity index (χ2v) is 6.01. The molecule has 0 aromatic heterocycles. The minimum atomic E-state index is -0.738. The van der Waals surface area contributed by atoms with Crippen LogP contribution in [0.2, 0.25) is 0 Å². The molecule has 1 aliphatic heterocycles. The number of amides is 1. The average Bonchev–Trinajstić information content (AvgIpc) is 2.76. The Morgan fingerprint density at radius 2 is 1.83 bits per heavy atom. The van der Waals surface area contributed by atoms with Crippen molar-refractivity contribution in [1.29, 1.82) is 5.26 Å². The van der Waals surface area contributed by atoms with Gasteiger partial charge in [-0.15, -0.1) is 0 Å². The van der Waals surface area contributed by atoms with Crippen LogP contribution in [0.3, 0.4) is 0 Å². The lowest BCUT2D eigenvalue weighted by Gasteiger charge is -2.18. The molecular weight excluding hydrogens is 394 g/mol. The summed E-state index contributed by atoms with van der Waals surface area (Å²) in [6.45, 7) is 0.820. The number of fused-ring (bicyclic) bond motifs is 1. The number of nitriles is 1. The predicted molar refractivity (Wildman–Crippen MR) is 106 cm³/mol. The molecule has 0 bridgehead atoms. The Morgan fingerprint density at radius 3 is 2.47 bits per heavy atom. The Labute approximate surface area is 171 Å². The van der Waals surface area contributed by atoms with E-state index in [4.69, 9.17) is 18.9 Å². The topological polar surface area (TPSA) is 133 Å². The molecule has 2 aromatic rings. The summed E-state index contributed by atoms with van der Waals surface area (Å²) < 4.78 is 21.1. The van der Waals surface area contributed by atoms with Gasteiger partial charge in [0.05, 0.1) is 30.8 Å². The Bertz CT molecular complexity index is 1070. The van der Waals surface area contributed by atoms with Crippen molar-refractivity contribution in [3.8, 4) is 29.1 Å². The van der Waals surface area contributed by atoms with Crippen LogP contribution in [0, 0.1) is 21.4 Å². The molecule has 0 saturated heterocycles. The molecule has 0 radical (unpaired) electrons. The Balaban J connectivity index is 1.92. The molecule has 30 heavy (non-hydrogen) atoms. The maximum Gasteiger partial charge on any atom is 0.280 e. The number of carbonyl (C=O) groups excluding carboxylic acids is 1. The predicted octanol–water partition coefficient (Wildman–Crippen LogP) is 2.93. The first-order valence-electron chi connectivity index (χ1n) is 8.70. The summed E-state index contributed by atoms with van der Waals surface area (Å²) in [4.78, 5) is 23.4. The van der Waals surface area contributed by atoms with Gasteiger partial charge in [-0.25, -0.2) is 0 Å². The van der Waals surface area contributed by atoms with Crippen molar-refractivity contribution in [2.75, 3.05) is 32.8 Å². The number of ether oxygens (including phenoxy) is 4. The third-order valence-electron chi connectivity index (χ3n) is 4.19. The van der Waals surface area contributed by atoms with E-state index in [2.05, 4.69) is 5.32 Å². The van der Waals surface area contributed by atoms with Gasteiger partial charge in [-0.1, -0.05) is 0 Å². The first kappa shape index (κ1) is 20.5. The van der Waals surface area contributed by atoms with Gasteiger partial charge in [0.1, 0.15) is 24.9 Å². The minimum Gasteiger partial charge on any atom is -0.493 e. The summed E-state index contributed by atoms with van der Waals surface area (Å²) >= 11 is 0. The van der Waals surface area contributed by atoms with E-state index in [0.717, 1.165) is 6.08 Å². The zero-order valence-electron chi connectivity index (χ0n) is 16.1. The maximum atomic E-state index is 12.6. The number of nitrogens with one attached hydrogen (secondary N) is 1. The first-order valence-corrected chi connectivity index (χ1v) is 8.70. The second-order valence-electron chi connectivity index (χ2n) is 6.01. The van der Waals surface area contributed by atoms with Crippen LogP contribution in [0.4, 0.5) is 11.4 Å². The average molecular weight is 411 g/mol. The van der Waals surface area contributed by atoms with Crippen molar-refractivity contribution in [3.05, 3.63) is 51.6 Å². The Morgan fingerprint density at radius 1 is 1.17 bits per heavy atom. The lowest BCUT2D eigenvalue weighted by Crippen LogP contribution is -2.17. The molecule has 1 heterocycles. The van der Waals surface area contributed by atoms with Gasteiger partial charge in [0.2, 0.25) is 0 Å². The van der Waals surface area contributed by atoms with E-state index in [0.29, 0.717) is 30.4 Å². The number of nitro benzene ring substituents is 1. The number of rotatable bonds is 6. The standard InChI is InChI=1S/C20H17N3O7/c1-27-17-8-12(15(23(25)26)10-18(17)28-2)7-13(11-21)20(24)22-14-3-4-16-19(9-14)30-6-5-29-16/h3-4,7-10H,5-6H2,1-2H3,(H,22,24). The van der Waals surface area contributed by atoms with Crippen molar-refractivity contribution in [2.45, 2.75) is 0 Å². The highest BCUT2D eigenvalue weighted by molar-refractivity contribution is 6.10. The van der Waals surface area contributed by atoms with Crippen molar-refractivity contribution in [3.63, 3.8) is 0 Å². The van der Waals surface area contributed by atoms with Gasteiger partial charge in [0, 0.05) is 11.8 Å². The van der Waals surface area contributed by atoms with E-state index in [1.54, 1.807) is 24.3 Å². The Hall–Kier alpha value is -4.26. The number of carbonyl (C=O) groups is 1. The van der Waals surface area contributed by atoms with Gasteiger partial charge in [-0.2, -0.15) is 5.26 Å². The zero-order chi connectivity index (χ0) is 21.7. The summed E-state index contributed by atoms with van der Waals surface area (Å²) in [5, 5.41) is 23.4. The highest BCUT2D eigenvalue weighted by atomic mass is 16.6. The van der Waals surface area contributed by atoms with Gasteiger partial charge >= 0.3 is 0 Å². The fourth-order valence-electron chi connectivity index (χ4n) is 2.78. The molecule has 0 aliphatic carbocycles. The molecule has 1 aliphatic rings. The molecule has 0 unspecified atom stereocenters. The quantitative estimate of drug-likeness (QED) is 0.332. The summed E-state index contributed by atoms with van der Waals surface area (Å²) in [5.74, 6) is 0.658. The summed E-state index contributed by atoms with van der Waals surface area (Å²) in [6.07, 6.45) is 1.12. The van der Waals surface area contributed by atoms with Crippen LogP contribution >= 0.6 is 0 Å². The molecule has 0 saturated carbocycles. The molecule has 10 heteroatoms. The van der Waals surface area contributed by atoms with E-state index in [9.17, 15) is 20.2 Å². The van der Waals surface area contributed by atoms with Crippen LogP contribution in [0.25, 0.3) is 6.08 Å². The summed E-state index contributed by atoms with van der Waals surface area (Å²) in [5.41, 5.74) is -0.272. The number of hydrogen-bond acceptors (Lipinski definition) is 8. The van der Waals surface area contributed by atoms with E-state index < -0.39 is 10.8 Å². The molecule has 154 valence electrons. The van der Waals surface area contributed by atoms with Crippen molar-refractivity contribution < 1.29 is 28.7 Å². The second kappa shape index (κ2) is 8.83. The number of nitro groups is 1. The summed E-state index contributed by atoms with van der Waals surface area (Å²) in [7, 11) is 2.72. The van der Waals surface area contributed by atoms with E-state index >= 15 is 0 Å². The maximum absolute atomic E-state index is 12.6. The normalized spacial score (nSPS) is 12.5. The van der Waals surface area contributed by atoms with Crippen LogP contribution in [0.5, 0.6) is 23.0 Å². The highest BCUT2D eigenvalue weighted by Crippen LogP contribution is 2.36. The Kier molecular flexibility index (Phi) is 6.03. The zero-order valence-corrected chi connectivity index (χ0v) is 16.1. The van der Waals surface area contributed by atoms with Gasteiger partial charge in [0.25, 0.3) is 11.6 Å². The number of benzene rings is 2. The largest absolute Gasteiger partial charge is 0.493 e. The molecule has 1 N–H and O–H groups in total. The van der Waals surface area contributed by atoms with Gasteiger partial charge in [0.15, 0.2) is 23.0 Å².